The number of hydrogen-bond donors (Lipinski definition) is 1. The Morgan fingerprint density at radius 2 is 1.81 bits per heavy atom. The Morgan fingerprint density at radius 1 is 1.15 bits per heavy atom. The van der Waals surface area contributed by atoms with Crippen LogP contribution in [0.1, 0.15) is 35.1 Å². The SMILES string of the molecule is CCOC(=O)C([C@@H](c1ccc(C)cc1)c1c[nH]c2cc(C)ccc12)[N+](=O)[O-]. The molecule has 1 heterocycles. The van der Waals surface area contributed by atoms with E-state index in [1.54, 1.807) is 13.1 Å². The van der Waals surface area contributed by atoms with Crippen molar-refractivity contribution in [1.82, 2.24) is 4.98 Å². The number of esters is 1. The van der Waals surface area contributed by atoms with Gasteiger partial charge in [0.25, 0.3) is 0 Å². The van der Waals surface area contributed by atoms with Crippen LogP contribution < -0.4 is 0 Å². The number of aromatic amines is 1. The minimum absolute atomic E-state index is 0.0941. The zero-order valence-corrected chi connectivity index (χ0v) is 15.6. The first kappa shape index (κ1) is 18.6. The van der Waals surface area contributed by atoms with Gasteiger partial charge in [-0.25, -0.2) is 4.79 Å². The van der Waals surface area contributed by atoms with Gasteiger partial charge >= 0.3 is 12.0 Å². The molecule has 2 aromatic carbocycles. The average Bonchev–Trinajstić information content (AvgIpc) is 3.02. The highest BCUT2D eigenvalue weighted by Gasteiger charge is 2.43. The summed E-state index contributed by atoms with van der Waals surface area (Å²) in [6.45, 7) is 5.67. The second kappa shape index (κ2) is 7.61. The zero-order valence-electron chi connectivity index (χ0n) is 15.6. The number of nitrogens with zero attached hydrogens (tertiary/aromatic N) is 1. The number of benzene rings is 2. The van der Waals surface area contributed by atoms with Crippen LogP contribution in [-0.4, -0.2) is 28.5 Å². The van der Waals surface area contributed by atoms with Crippen LogP contribution in [0.2, 0.25) is 0 Å². The summed E-state index contributed by atoms with van der Waals surface area (Å²) in [4.78, 5) is 27.0. The Morgan fingerprint density at radius 3 is 2.44 bits per heavy atom. The van der Waals surface area contributed by atoms with Crippen LogP contribution in [0.15, 0.2) is 48.7 Å². The molecule has 0 saturated carbocycles. The first-order chi connectivity index (χ1) is 12.9. The second-order valence-electron chi connectivity index (χ2n) is 6.66. The van der Waals surface area contributed by atoms with Gasteiger partial charge in [0.2, 0.25) is 0 Å². The molecule has 6 nitrogen and oxygen atoms in total. The Hall–Kier alpha value is -3.15. The molecule has 2 atom stereocenters. The van der Waals surface area contributed by atoms with Crippen molar-refractivity contribution < 1.29 is 14.5 Å². The molecule has 0 amide bonds. The number of aromatic nitrogens is 1. The normalized spacial score (nSPS) is 13.3. The predicted octanol–water partition coefficient (Wildman–Crippen LogP) is 4.13. The van der Waals surface area contributed by atoms with E-state index in [1.165, 1.54) is 0 Å². The number of aryl methyl sites for hydroxylation is 2. The summed E-state index contributed by atoms with van der Waals surface area (Å²) in [6, 6.07) is 11.8. The molecule has 140 valence electrons. The number of rotatable bonds is 6. The number of carbonyl (C=O) groups excluding carboxylic acids is 1. The molecule has 0 aliphatic rings. The maximum absolute atomic E-state index is 12.5. The van der Waals surface area contributed by atoms with Gasteiger partial charge < -0.3 is 9.72 Å². The van der Waals surface area contributed by atoms with Gasteiger partial charge in [0, 0.05) is 22.0 Å². The number of nitro groups is 1. The van der Waals surface area contributed by atoms with Gasteiger partial charge in [0.1, 0.15) is 0 Å². The summed E-state index contributed by atoms with van der Waals surface area (Å²) >= 11 is 0. The zero-order chi connectivity index (χ0) is 19.6. The monoisotopic (exact) mass is 366 g/mol. The van der Waals surface area contributed by atoms with Crippen LogP contribution in [0.25, 0.3) is 10.9 Å². The van der Waals surface area contributed by atoms with Crippen molar-refractivity contribution in [2.24, 2.45) is 0 Å². The Bertz CT molecular complexity index is 976. The van der Waals surface area contributed by atoms with Crippen molar-refractivity contribution in [1.29, 1.82) is 0 Å². The molecule has 0 saturated heterocycles. The van der Waals surface area contributed by atoms with Crippen molar-refractivity contribution >= 4 is 16.9 Å². The summed E-state index contributed by atoms with van der Waals surface area (Å²) in [5, 5.41) is 12.7. The highest BCUT2D eigenvalue weighted by molar-refractivity contribution is 5.86. The molecule has 1 unspecified atom stereocenters. The maximum atomic E-state index is 12.5. The molecule has 3 rings (SSSR count). The van der Waals surface area contributed by atoms with Crippen molar-refractivity contribution in [2.45, 2.75) is 32.7 Å². The molecule has 1 N–H and O–H groups in total. The van der Waals surface area contributed by atoms with Gasteiger partial charge in [-0.3, -0.25) is 10.1 Å². The van der Waals surface area contributed by atoms with Gasteiger partial charge in [-0.1, -0.05) is 42.0 Å². The van der Waals surface area contributed by atoms with Crippen LogP contribution in [0.4, 0.5) is 0 Å². The molecular formula is C21H22N2O4. The number of hydrogen-bond acceptors (Lipinski definition) is 4. The fourth-order valence-corrected chi connectivity index (χ4v) is 3.40. The summed E-state index contributed by atoms with van der Waals surface area (Å²) in [5.74, 6) is -1.58. The Kier molecular flexibility index (Phi) is 5.26. The van der Waals surface area contributed by atoms with E-state index in [0.29, 0.717) is 11.1 Å². The van der Waals surface area contributed by atoms with Crippen LogP contribution >= 0.6 is 0 Å². The lowest BCUT2D eigenvalue weighted by Crippen LogP contribution is -2.37. The van der Waals surface area contributed by atoms with Gasteiger partial charge in [-0.2, -0.15) is 0 Å². The molecule has 3 aromatic rings. The maximum Gasteiger partial charge on any atom is 0.382 e. The summed E-state index contributed by atoms with van der Waals surface area (Å²) in [5.41, 5.74) is 4.42. The molecule has 0 aliphatic carbocycles. The fourth-order valence-electron chi connectivity index (χ4n) is 3.40. The predicted molar refractivity (Wildman–Crippen MR) is 103 cm³/mol. The summed E-state index contributed by atoms with van der Waals surface area (Å²) in [6.07, 6.45) is 1.75. The third kappa shape index (κ3) is 3.69. The van der Waals surface area contributed by atoms with Crippen LogP contribution in [-0.2, 0) is 9.53 Å². The van der Waals surface area contributed by atoms with Crippen LogP contribution in [0.3, 0.4) is 0 Å². The van der Waals surface area contributed by atoms with Crippen LogP contribution in [0.5, 0.6) is 0 Å². The highest BCUT2D eigenvalue weighted by Crippen LogP contribution is 2.35. The number of carbonyl (C=O) groups is 1. The third-order valence-electron chi connectivity index (χ3n) is 4.71. The van der Waals surface area contributed by atoms with E-state index in [0.717, 1.165) is 22.0 Å². The van der Waals surface area contributed by atoms with E-state index in [9.17, 15) is 14.9 Å². The average molecular weight is 366 g/mol. The van der Waals surface area contributed by atoms with Gasteiger partial charge in [0.05, 0.1) is 12.5 Å². The largest absolute Gasteiger partial charge is 0.461 e. The highest BCUT2D eigenvalue weighted by atomic mass is 16.6. The first-order valence-electron chi connectivity index (χ1n) is 8.86. The topological polar surface area (TPSA) is 85.2 Å². The molecule has 0 fully saturated rings. The smallest absolute Gasteiger partial charge is 0.382 e. The van der Waals surface area contributed by atoms with E-state index >= 15 is 0 Å². The Labute approximate surface area is 157 Å². The van der Waals surface area contributed by atoms with Gasteiger partial charge in [0.15, 0.2) is 0 Å². The van der Waals surface area contributed by atoms with E-state index in [4.69, 9.17) is 4.74 Å². The Balaban J connectivity index is 2.21. The molecule has 0 radical (unpaired) electrons. The molecule has 27 heavy (non-hydrogen) atoms. The molecule has 0 spiro atoms. The van der Waals surface area contributed by atoms with Gasteiger partial charge in [-0.05, 0) is 43.5 Å². The van der Waals surface area contributed by atoms with Crippen molar-refractivity contribution in [2.75, 3.05) is 6.61 Å². The lowest BCUT2D eigenvalue weighted by atomic mass is 9.84. The quantitative estimate of drug-likeness (QED) is 0.404. The minimum atomic E-state index is -1.52. The number of nitrogens with one attached hydrogen (secondary N) is 1. The fraction of sp³-hybridized carbons (Fsp3) is 0.286. The van der Waals surface area contributed by atoms with Crippen molar-refractivity contribution in [3.63, 3.8) is 0 Å². The van der Waals surface area contributed by atoms with E-state index < -0.39 is 22.9 Å². The minimum Gasteiger partial charge on any atom is -0.461 e. The second-order valence-corrected chi connectivity index (χ2v) is 6.66. The van der Waals surface area contributed by atoms with Crippen LogP contribution in [0, 0.1) is 24.0 Å². The summed E-state index contributed by atoms with van der Waals surface area (Å²) in [7, 11) is 0. The molecule has 0 bridgehead atoms. The standard InChI is InChI=1S/C21H22N2O4/c1-4-27-21(24)20(23(25)26)19(15-8-5-13(2)6-9-15)17-12-22-18-11-14(3)7-10-16(17)18/h5-12,19-20,22H,4H2,1-3H3/t19-,20?/m0/s1. The van der Waals surface area contributed by atoms with Crippen molar-refractivity contribution in [3.05, 3.63) is 81.0 Å². The number of ether oxygens (including phenoxy) is 1. The van der Waals surface area contributed by atoms with E-state index in [1.807, 2.05) is 56.3 Å². The number of H-pyrrole nitrogens is 1. The van der Waals surface area contributed by atoms with Gasteiger partial charge in [-0.15, -0.1) is 0 Å². The van der Waals surface area contributed by atoms with E-state index in [2.05, 4.69) is 4.98 Å². The first-order valence-corrected chi connectivity index (χ1v) is 8.86. The molecular weight excluding hydrogens is 344 g/mol. The lowest BCUT2D eigenvalue weighted by molar-refractivity contribution is -0.513. The molecule has 1 aromatic heterocycles. The molecule has 6 heteroatoms. The van der Waals surface area contributed by atoms with Crippen molar-refractivity contribution in [3.8, 4) is 0 Å². The number of fused-ring (bicyclic) bond motifs is 1. The summed E-state index contributed by atoms with van der Waals surface area (Å²) < 4.78 is 5.03. The van der Waals surface area contributed by atoms with E-state index in [-0.39, 0.29) is 6.61 Å². The molecule has 0 aliphatic heterocycles. The lowest BCUT2D eigenvalue weighted by Gasteiger charge is -2.20. The third-order valence-corrected chi connectivity index (χ3v) is 4.71.